The van der Waals surface area contributed by atoms with Gasteiger partial charge in [-0.05, 0) is 13.8 Å². The fourth-order valence-corrected chi connectivity index (χ4v) is 1.00. The fourth-order valence-electron chi connectivity index (χ4n) is 1.00. The van der Waals surface area contributed by atoms with Crippen LogP contribution >= 0.6 is 0 Å². The van der Waals surface area contributed by atoms with E-state index in [2.05, 4.69) is 4.98 Å². The van der Waals surface area contributed by atoms with Crippen molar-refractivity contribution < 1.29 is 9.53 Å². The van der Waals surface area contributed by atoms with Crippen molar-refractivity contribution in [2.75, 3.05) is 6.61 Å². The van der Waals surface area contributed by atoms with E-state index < -0.39 is 5.97 Å². The summed E-state index contributed by atoms with van der Waals surface area (Å²) < 4.78 is 4.73. The number of carbonyl (C=O) groups excluding carboxylic acids is 1. The normalized spacial score (nSPS) is 9.69. The number of aromatic nitrogens is 1. The molecule has 0 aliphatic rings. The van der Waals surface area contributed by atoms with E-state index >= 15 is 0 Å². The van der Waals surface area contributed by atoms with Crippen molar-refractivity contribution in [2.24, 2.45) is 0 Å². The Bertz CT molecular complexity index is 367. The monoisotopic (exact) mass is 181 g/mol. The number of aryl methyl sites for hydroxylation is 1. The molecule has 0 spiro atoms. The van der Waals surface area contributed by atoms with Gasteiger partial charge in [-0.15, -0.1) is 0 Å². The van der Waals surface area contributed by atoms with Crippen molar-refractivity contribution >= 4 is 5.97 Å². The number of pyridine rings is 1. The van der Waals surface area contributed by atoms with E-state index in [0.29, 0.717) is 12.3 Å². The minimum Gasteiger partial charge on any atom is -0.461 e. The largest absolute Gasteiger partial charge is 0.461 e. The van der Waals surface area contributed by atoms with Gasteiger partial charge in [-0.25, -0.2) is 4.79 Å². The van der Waals surface area contributed by atoms with Crippen molar-refractivity contribution in [3.63, 3.8) is 0 Å². The van der Waals surface area contributed by atoms with E-state index in [1.807, 2.05) is 0 Å². The summed E-state index contributed by atoms with van der Waals surface area (Å²) in [5, 5.41) is 0. The summed E-state index contributed by atoms with van der Waals surface area (Å²) in [6.45, 7) is 3.73. The smallest absolute Gasteiger partial charge is 0.354 e. The van der Waals surface area contributed by atoms with Crippen LogP contribution in [0.3, 0.4) is 0 Å². The molecule has 0 fully saturated rings. The quantitative estimate of drug-likeness (QED) is 0.688. The number of nitrogens with one attached hydrogen (secondary N) is 1. The molecule has 0 aliphatic heterocycles. The Hall–Kier alpha value is -1.58. The molecule has 0 unspecified atom stereocenters. The summed E-state index contributed by atoms with van der Waals surface area (Å²) in [5.74, 6) is -0.497. The number of rotatable bonds is 2. The second-order valence-corrected chi connectivity index (χ2v) is 2.63. The SMILES string of the molecule is CCOC(=O)c1cc(=O)cc(C)[nH]1. The van der Waals surface area contributed by atoms with Crippen LogP contribution in [0.15, 0.2) is 16.9 Å². The van der Waals surface area contributed by atoms with Gasteiger partial charge in [0, 0.05) is 17.8 Å². The summed E-state index contributed by atoms with van der Waals surface area (Å²) in [5.41, 5.74) is 0.654. The zero-order valence-electron chi connectivity index (χ0n) is 7.59. The number of hydrogen-bond acceptors (Lipinski definition) is 3. The van der Waals surface area contributed by atoms with Crippen LogP contribution in [0.1, 0.15) is 23.1 Å². The minimum absolute atomic E-state index is 0.195. The lowest BCUT2D eigenvalue weighted by Gasteiger charge is -2.01. The molecule has 70 valence electrons. The molecule has 0 saturated carbocycles. The summed E-state index contributed by atoms with van der Waals surface area (Å²) in [4.78, 5) is 24.9. The van der Waals surface area contributed by atoms with Gasteiger partial charge in [-0.1, -0.05) is 0 Å². The molecule has 1 heterocycles. The van der Waals surface area contributed by atoms with Gasteiger partial charge in [0.2, 0.25) is 0 Å². The van der Waals surface area contributed by atoms with Crippen LogP contribution in [0.4, 0.5) is 0 Å². The lowest BCUT2D eigenvalue weighted by Crippen LogP contribution is -2.12. The van der Waals surface area contributed by atoms with Crippen LogP contribution < -0.4 is 5.43 Å². The summed E-state index contributed by atoms with van der Waals surface area (Å²) in [7, 11) is 0. The average Bonchev–Trinajstić information content (AvgIpc) is 2.03. The zero-order valence-corrected chi connectivity index (χ0v) is 7.59. The van der Waals surface area contributed by atoms with Crippen molar-refractivity contribution in [3.8, 4) is 0 Å². The molecule has 0 aromatic carbocycles. The van der Waals surface area contributed by atoms with Gasteiger partial charge in [0.25, 0.3) is 0 Å². The minimum atomic E-state index is -0.497. The van der Waals surface area contributed by atoms with Crippen molar-refractivity contribution in [1.29, 1.82) is 0 Å². The molecular weight excluding hydrogens is 170 g/mol. The molecule has 0 aliphatic carbocycles. The second-order valence-electron chi connectivity index (χ2n) is 2.63. The number of ether oxygens (including phenoxy) is 1. The van der Waals surface area contributed by atoms with Gasteiger partial charge in [0.05, 0.1) is 6.61 Å². The van der Waals surface area contributed by atoms with Gasteiger partial charge in [-0.3, -0.25) is 4.79 Å². The first-order chi connectivity index (χ1) is 6.13. The summed E-state index contributed by atoms with van der Waals surface area (Å²) in [6, 6.07) is 2.65. The van der Waals surface area contributed by atoms with Crippen LogP contribution in [-0.2, 0) is 4.74 Å². The highest BCUT2D eigenvalue weighted by Crippen LogP contribution is 1.96. The maximum absolute atomic E-state index is 11.2. The third-order valence-corrected chi connectivity index (χ3v) is 1.47. The molecule has 1 aromatic rings. The first-order valence-electron chi connectivity index (χ1n) is 4.01. The predicted octanol–water partition coefficient (Wildman–Crippen LogP) is 0.860. The van der Waals surface area contributed by atoms with Crippen molar-refractivity contribution in [2.45, 2.75) is 13.8 Å². The zero-order chi connectivity index (χ0) is 9.84. The lowest BCUT2D eigenvalue weighted by molar-refractivity contribution is 0.0519. The predicted molar refractivity (Wildman–Crippen MR) is 47.8 cm³/mol. The molecule has 0 radical (unpaired) electrons. The standard InChI is InChI=1S/C9H11NO3/c1-3-13-9(12)8-5-7(11)4-6(2)10-8/h4-5H,3H2,1-2H3,(H,10,11). The molecule has 4 nitrogen and oxygen atoms in total. The number of aromatic amines is 1. The Morgan fingerprint density at radius 2 is 2.23 bits per heavy atom. The maximum atomic E-state index is 11.2. The highest BCUT2D eigenvalue weighted by molar-refractivity contribution is 5.87. The van der Waals surface area contributed by atoms with E-state index in [1.54, 1.807) is 13.8 Å². The molecule has 1 N–H and O–H groups in total. The Morgan fingerprint density at radius 3 is 2.77 bits per heavy atom. The summed E-state index contributed by atoms with van der Waals surface area (Å²) in [6.07, 6.45) is 0. The van der Waals surface area contributed by atoms with Crippen molar-refractivity contribution in [1.82, 2.24) is 4.98 Å². The van der Waals surface area contributed by atoms with Gasteiger partial charge in [-0.2, -0.15) is 0 Å². The molecule has 0 bridgehead atoms. The van der Waals surface area contributed by atoms with Crippen LogP contribution in [-0.4, -0.2) is 17.6 Å². The molecule has 0 amide bonds. The van der Waals surface area contributed by atoms with Gasteiger partial charge >= 0.3 is 5.97 Å². The van der Waals surface area contributed by atoms with Crippen LogP contribution in [0.2, 0.25) is 0 Å². The average molecular weight is 181 g/mol. The topological polar surface area (TPSA) is 59.2 Å². The van der Waals surface area contributed by atoms with E-state index in [9.17, 15) is 9.59 Å². The lowest BCUT2D eigenvalue weighted by atomic mass is 10.3. The van der Waals surface area contributed by atoms with Crippen LogP contribution in [0.25, 0.3) is 0 Å². The number of hydrogen-bond donors (Lipinski definition) is 1. The Kier molecular flexibility index (Phi) is 2.84. The first-order valence-corrected chi connectivity index (χ1v) is 4.01. The fraction of sp³-hybridized carbons (Fsp3) is 0.333. The van der Waals surface area contributed by atoms with E-state index in [1.165, 1.54) is 12.1 Å². The number of H-pyrrole nitrogens is 1. The molecule has 1 aromatic heterocycles. The first kappa shape index (κ1) is 9.51. The number of carbonyl (C=O) groups is 1. The number of esters is 1. The molecule has 13 heavy (non-hydrogen) atoms. The molecule has 1 rings (SSSR count). The van der Waals surface area contributed by atoms with E-state index in [0.717, 1.165) is 0 Å². The molecular formula is C9H11NO3. The third-order valence-electron chi connectivity index (χ3n) is 1.47. The van der Waals surface area contributed by atoms with E-state index in [4.69, 9.17) is 4.74 Å². The summed E-state index contributed by atoms with van der Waals surface area (Å²) >= 11 is 0. The van der Waals surface area contributed by atoms with Gasteiger partial charge in [0.15, 0.2) is 5.43 Å². The molecule has 0 saturated heterocycles. The Labute approximate surface area is 75.5 Å². The highest BCUT2D eigenvalue weighted by Gasteiger charge is 2.07. The van der Waals surface area contributed by atoms with Crippen LogP contribution in [0, 0.1) is 6.92 Å². The van der Waals surface area contributed by atoms with E-state index in [-0.39, 0.29) is 11.1 Å². The Morgan fingerprint density at radius 1 is 1.54 bits per heavy atom. The third kappa shape index (κ3) is 2.43. The maximum Gasteiger partial charge on any atom is 0.354 e. The van der Waals surface area contributed by atoms with Crippen LogP contribution in [0.5, 0.6) is 0 Å². The molecule has 0 atom stereocenters. The van der Waals surface area contributed by atoms with Gasteiger partial charge in [0.1, 0.15) is 5.69 Å². The second kappa shape index (κ2) is 3.89. The Balaban J connectivity index is 3.01. The van der Waals surface area contributed by atoms with Gasteiger partial charge < -0.3 is 9.72 Å². The van der Waals surface area contributed by atoms with Crippen molar-refractivity contribution in [3.05, 3.63) is 33.7 Å². The highest BCUT2D eigenvalue weighted by atomic mass is 16.5. The molecule has 4 heteroatoms.